The van der Waals surface area contributed by atoms with Crippen LogP contribution in [0, 0.1) is 5.82 Å². The number of ether oxygens (including phenoxy) is 1. The highest BCUT2D eigenvalue weighted by atomic mass is 79.9. The first-order chi connectivity index (χ1) is 12.9. The van der Waals surface area contributed by atoms with Crippen molar-refractivity contribution in [3.05, 3.63) is 63.5 Å². The van der Waals surface area contributed by atoms with Crippen LogP contribution in [0.15, 0.2) is 46.6 Å². The van der Waals surface area contributed by atoms with Gasteiger partial charge in [-0.15, -0.1) is 0 Å². The molecule has 2 N–H and O–H groups in total. The molecule has 1 aliphatic rings. The summed E-state index contributed by atoms with van der Waals surface area (Å²) < 4.78 is 19.0. The summed E-state index contributed by atoms with van der Waals surface area (Å²) in [7, 11) is 0. The summed E-state index contributed by atoms with van der Waals surface area (Å²) in [6.45, 7) is 2.16. The standard InChI is InChI=1S/C19H16BrFN2O4/c1-2-27-16-9-13(20)7-12(17(16)24)8-15-18(25)23(19(26)22-15)10-11-3-5-14(21)6-4-11/h3-9,24H,2,10H2,1H3,(H,22,26). The van der Waals surface area contributed by atoms with Gasteiger partial charge in [-0.25, -0.2) is 9.18 Å². The zero-order valence-corrected chi connectivity index (χ0v) is 15.9. The van der Waals surface area contributed by atoms with Crippen molar-refractivity contribution < 1.29 is 23.8 Å². The molecule has 8 heteroatoms. The van der Waals surface area contributed by atoms with E-state index in [9.17, 15) is 19.1 Å². The molecule has 6 nitrogen and oxygen atoms in total. The van der Waals surface area contributed by atoms with E-state index in [1.807, 2.05) is 0 Å². The molecule has 0 aromatic heterocycles. The van der Waals surface area contributed by atoms with Crippen molar-refractivity contribution in [1.29, 1.82) is 0 Å². The van der Waals surface area contributed by atoms with Crippen molar-refractivity contribution in [2.24, 2.45) is 0 Å². The molecule has 2 aromatic rings. The van der Waals surface area contributed by atoms with Crippen molar-refractivity contribution in [1.82, 2.24) is 10.2 Å². The van der Waals surface area contributed by atoms with Crippen LogP contribution >= 0.6 is 15.9 Å². The summed E-state index contributed by atoms with van der Waals surface area (Å²) in [5.74, 6) is -0.807. The first-order valence-electron chi connectivity index (χ1n) is 8.13. The van der Waals surface area contributed by atoms with E-state index in [2.05, 4.69) is 21.2 Å². The van der Waals surface area contributed by atoms with Crippen molar-refractivity contribution in [2.45, 2.75) is 13.5 Å². The number of carbonyl (C=O) groups excluding carboxylic acids is 2. The number of hydrogen-bond acceptors (Lipinski definition) is 4. The average Bonchev–Trinajstić information content (AvgIpc) is 2.88. The van der Waals surface area contributed by atoms with Gasteiger partial charge in [-0.3, -0.25) is 9.69 Å². The van der Waals surface area contributed by atoms with Gasteiger partial charge in [0.05, 0.1) is 13.2 Å². The Kier molecular flexibility index (Phi) is 5.46. The van der Waals surface area contributed by atoms with Gasteiger partial charge in [0, 0.05) is 10.0 Å². The molecule has 0 radical (unpaired) electrons. The van der Waals surface area contributed by atoms with Gasteiger partial charge in [-0.1, -0.05) is 28.1 Å². The lowest BCUT2D eigenvalue weighted by Crippen LogP contribution is -2.30. The van der Waals surface area contributed by atoms with Crippen LogP contribution in [0.4, 0.5) is 9.18 Å². The lowest BCUT2D eigenvalue weighted by Gasteiger charge is -2.11. The maximum absolute atomic E-state index is 13.0. The van der Waals surface area contributed by atoms with Gasteiger partial charge < -0.3 is 15.2 Å². The third-order valence-corrected chi connectivity index (χ3v) is 4.34. The highest BCUT2D eigenvalue weighted by molar-refractivity contribution is 9.10. The van der Waals surface area contributed by atoms with Crippen molar-refractivity contribution in [3.63, 3.8) is 0 Å². The number of nitrogens with one attached hydrogen (secondary N) is 1. The monoisotopic (exact) mass is 434 g/mol. The number of hydrogen-bond donors (Lipinski definition) is 2. The SMILES string of the molecule is CCOc1cc(Br)cc(C=C2NC(=O)N(Cc3ccc(F)cc3)C2=O)c1O. The third-order valence-electron chi connectivity index (χ3n) is 3.89. The molecule has 0 bridgehead atoms. The predicted molar refractivity (Wildman–Crippen MR) is 100 cm³/mol. The van der Waals surface area contributed by atoms with Crippen molar-refractivity contribution in [3.8, 4) is 11.5 Å². The number of aromatic hydroxyl groups is 1. The van der Waals surface area contributed by atoms with Gasteiger partial charge in [0.25, 0.3) is 5.91 Å². The van der Waals surface area contributed by atoms with Gasteiger partial charge in [0.2, 0.25) is 0 Å². The summed E-state index contributed by atoms with van der Waals surface area (Å²) >= 11 is 3.32. The maximum Gasteiger partial charge on any atom is 0.329 e. The molecule has 27 heavy (non-hydrogen) atoms. The van der Waals surface area contributed by atoms with Gasteiger partial charge in [0.15, 0.2) is 11.5 Å². The molecule has 0 atom stereocenters. The quantitative estimate of drug-likeness (QED) is 0.554. The molecule has 3 rings (SSSR count). The van der Waals surface area contributed by atoms with E-state index in [0.29, 0.717) is 22.2 Å². The van der Waals surface area contributed by atoms with Crippen LogP contribution in [0.1, 0.15) is 18.1 Å². The second-order valence-electron chi connectivity index (χ2n) is 5.78. The minimum atomic E-state index is -0.588. The third kappa shape index (κ3) is 4.11. The Balaban J connectivity index is 1.87. The van der Waals surface area contributed by atoms with Crippen LogP contribution in [-0.4, -0.2) is 28.6 Å². The van der Waals surface area contributed by atoms with Gasteiger partial charge in [-0.05, 0) is 42.8 Å². The lowest BCUT2D eigenvalue weighted by atomic mass is 10.1. The Morgan fingerprint density at radius 2 is 1.96 bits per heavy atom. The largest absolute Gasteiger partial charge is 0.504 e. The van der Waals surface area contributed by atoms with Crippen LogP contribution in [0.2, 0.25) is 0 Å². The second-order valence-corrected chi connectivity index (χ2v) is 6.70. The zero-order valence-electron chi connectivity index (χ0n) is 14.3. The molecule has 140 valence electrons. The normalized spacial score (nSPS) is 15.4. The Bertz CT molecular complexity index is 928. The summed E-state index contributed by atoms with van der Waals surface area (Å²) in [4.78, 5) is 25.7. The average molecular weight is 435 g/mol. The van der Waals surface area contributed by atoms with E-state index in [4.69, 9.17) is 4.74 Å². The first-order valence-corrected chi connectivity index (χ1v) is 8.92. The number of halogens is 2. The van der Waals surface area contributed by atoms with E-state index in [1.54, 1.807) is 19.1 Å². The first kappa shape index (κ1) is 18.9. The summed E-state index contributed by atoms with van der Waals surface area (Å²) in [5.41, 5.74) is 0.961. The molecule has 3 amide bonds. The van der Waals surface area contributed by atoms with Crippen LogP contribution in [-0.2, 0) is 11.3 Å². The number of phenols is 1. The Morgan fingerprint density at radius 1 is 1.26 bits per heavy atom. The van der Waals surface area contributed by atoms with Gasteiger partial charge in [0.1, 0.15) is 11.5 Å². The van der Waals surface area contributed by atoms with Crippen molar-refractivity contribution >= 4 is 33.9 Å². The molecule has 0 unspecified atom stereocenters. The summed E-state index contributed by atoms with van der Waals surface area (Å²) in [6, 6.07) is 8.16. The number of benzene rings is 2. The number of nitrogens with zero attached hydrogens (tertiary/aromatic N) is 1. The number of phenolic OH excluding ortho intramolecular Hbond substituents is 1. The van der Waals surface area contributed by atoms with Crippen LogP contribution in [0.25, 0.3) is 6.08 Å². The molecule has 1 fully saturated rings. The number of amides is 3. The Labute approximate surface area is 163 Å². The highest BCUT2D eigenvalue weighted by Gasteiger charge is 2.33. The van der Waals surface area contributed by atoms with E-state index >= 15 is 0 Å². The van der Waals surface area contributed by atoms with E-state index in [1.165, 1.54) is 30.3 Å². The molecule has 1 heterocycles. The maximum atomic E-state index is 13.0. The molecule has 0 spiro atoms. The molecule has 0 saturated carbocycles. The van der Waals surface area contributed by atoms with Gasteiger partial charge >= 0.3 is 6.03 Å². The van der Waals surface area contributed by atoms with Crippen LogP contribution in [0.5, 0.6) is 11.5 Å². The van der Waals surface area contributed by atoms with Gasteiger partial charge in [-0.2, -0.15) is 0 Å². The number of urea groups is 1. The minimum Gasteiger partial charge on any atom is -0.504 e. The van der Waals surface area contributed by atoms with E-state index in [-0.39, 0.29) is 23.7 Å². The molecule has 2 aromatic carbocycles. The van der Waals surface area contributed by atoms with Crippen LogP contribution < -0.4 is 10.1 Å². The zero-order chi connectivity index (χ0) is 19.6. The fourth-order valence-electron chi connectivity index (χ4n) is 2.61. The van der Waals surface area contributed by atoms with Crippen molar-refractivity contribution in [2.75, 3.05) is 6.61 Å². The molecular formula is C19H16BrFN2O4. The number of carbonyl (C=O) groups is 2. The second kappa shape index (κ2) is 7.79. The predicted octanol–water partition coefficient (Wildman–Crippen LogP) is 3.79. The molecule has 1 saturated heterocycles. The fraction of sp³-hybridized carbons (Fsp3) is 0.158. The van der Waals surface area contributed by atoms with Crippen LogP contribution in [0.3, 0.4) is 0 Å². The Hall–Kier alpha value is -2.87. The summed E-state index contributed by atoms with van der Waals surface area (Å²) in [6.07, 6.45) is 1.38. The number of rotatable bonds is 5. The minimum absolute atomic E-state index is 0.0109. The summed E-state index contributed by atoms with van der Waals surface area (Å²) in [5, 5.41) is 12.8. The molecular weight excluding hydrogens is 419 g/mol. The molecule has 1 aliphatic heterocycles. The fourth-order valence-corrected chi connectivity index (χ4v) is 3.07. The molecule has 0 aliphatic carbocycles. The Morgan fingerprint density at radius 3 is 2.63 bits per heavy atom. The topological polar surface area (TPSA) is 78.9 Å². The van der Waals surface area contributed by atoms with E-state index in [0.717, 1.165) is 4.90 Å². The smallest absolute Gasteiger partial charge is 0.329 e. The highest BCUT2D eigenvalue weighted by Crippen LogP contribution is 2.35. The lowest BCUT2D eigenvalue weighted by molar-refractivity contribution is -0.123. The number of imide groups is 1. The van der Waals surface area contributed by atoms with E-state index < -0.39 is 17.8 Å².